The van der Waals surface area contributed by atoms with E-state index in [4.69, 9.17) is 23.2 Å². The van der Waals surface area contributed by atoms with E-state index in [9.17, 15) is 18.3 Å². The number of aliphatic carboxylic acids is 1. The molecular weight excluding hydrogens is 435 g/mol. The van der Waals surface area contributed by atoms with Gasteiger partial charge >= 0.3 is 5.97 Å². The van der Waals surface area contributed by atoms with Gasteiger partial charge in [-0.3, -0.25) is 4.79 Å². The second kappa shape index (κ2) is 7.93. The lowest BCUT2D eigenvalue weighted by atomic mass is 9.78. The molecule has 4 rings (SSSR count). The summed E-state index contributed by atoms with van der Waals surface area (Å²) in [5.74, 6) is -1.00. The fraction of sp³-hybridized carbons (Fsp3) is 0.500. The topological polar surface area (TPSA) is 89.3 Å². The first kappa shape index (κ1) is 20.7. The molecule has 29 heavy (non-hydrogen) atoms. The molecule has 9 heteroatoms. The van der Waals surface area contributed by atoms with Crippen LogP contribution in [0.5, 0.6) is 0 Å². The highest BCUT2D eigenvalue weighted by Crippen LogP contribution is 2.40. The molecule has 156 valence electrons. The quantitative estimate of drug-likeness (QED) is 0.721. The van der Waals surface area contributed by atoms with Gasteiger partial charge in [0, 0.05) is 5.92 Å². The summed E-state index contributed by atoms with van der Waals surface area (Å²) in [6, 6.07) is 4.61. The zero-order chi connectivity index (χ0) is 20.8. The van der Waals surface area contributed by atoms with Crippen molar-refractivity contribution >= 4 is 39.2 Å². The monoisotopic (exact) mass is 456 g/mol. The number of carboxylic acid groups (broad SMARTS) is 1. The predicted octanol–water partition coefficient (Wildman–Crippen LogP) is 4.66. The summed E-state index contributed by atoms with van der Waals surface area (Å²) >= 11 is 12.4. The molecule has 0 atom stereocenters. The molecule has 2 aliphatic carbocycles. The Morgan fingerprint density at radius 1 is 1.07 bits per heavy atom. The van der Waals surface area contributed by atoms with Crippen molar-refractivity contribution in [3.63, 3.8) is 0 Å². The number of benzene rings is 1. The minimum atomic E-state index is -4.04. The molecule has 1 aromatic carbocycles. The van der Waals surface area contributed by atoms with Gasteiger partial charge in [0.05, 0.1) is 27.4 Å². The molecule has 0 saturated heterocycles. The molecule has 1 aromatic heterocycles. The minimum Gasteiger partial charge on any atom is -0.481 e. The third-order valence-electron chi connectivity index (χ3n) is 6.05. The molecule has 1 saturated carbocycles. The van der Waals surface area contributed by atoms with E-state index in [-0.39, 0.29) is 26.8 Å². The maximum absolute atomic E-state index is 13.4. The van der Waals surface area contributed by atoms with Crippen LogP contribution in [0.4, 0.5) is 0 Å². The zero-order valence-corrected chi connectivity index (χ0v) is 18.1. The van der Waals surface area contributed by atoms with E-state index < -0.39 is 16.0 Å². The van der Waals surface area contributed by atoms with E-state index in [1.807, 2.05) is 0 Å². The summed E-state index contributed by atoms with van der Waals surface area (Å²) in [7, 11) is -4.04. The minimum absolute atomic E-state index is 0.0704. The molecule has 1 fully saturated rings. The predicted molar refractivity (Wildman–Crippen MR) is 110 cm³/mol. The molecule has 2 aromatic rings. The van der Waals surface area contributed by atoms with Gasteiger partial charge in [0.1, 0.15) is 4.90 Å². The molecule has 0 radical (unpaired) electrons. The van der Waals surface area contributed by atoms with E-state index in [0.29, 0.717) is 37.8 Å². The van der Waals surface area contributed by atoms with Crippen molar-refractivity contribution in [1.29, 1.82) is 0 Å². The number of rotatable bonds is 4. The van der Waals surface area contributed by atoms with E-state index in [2.05, 4.69) is 5.10 Å². The number of hydrogen-bond acceptors (Lipinski definition) is 4. The highest BCUT2D eigenvalue weighted by atomic mass is 35.5. The van der Waals surface area contributed by atoms with Gasteiger partial charge in [-0.1, -0.05) is 29.3 Å². The van der Waals surface area contributed by atoms with E-state index in [1.54, 1.807) is 6.07 Å². The van der Waals surface area contributed by atoms with Gasteiger partial charge in [0.15, 0.2) is 0 Å². The molecule has 0 bridgehead atoms. The van der Waals surface area contributed by atoms with Crippen LogP contribution in [0.15, 0.2) is 23.1 Å². The van der Waals surface area contributed by atoms with Crippen LogP contribution in [0.3, 0.4) is 0 Å². The van der Waals surface area contributed by atoms with Gasteiger partial charge in [-0.05, 0) is 69.1 Å². The van der Waals surface area contributed by atoms with Crippen molar-refractivity contribution in [2.45, 2.75) is 62.2 Å². The molecule has 1 N–H and O–H groups in total. The van der Waals surface area contributed by atoms with Crippen molar-refractivity contribution in [3.05, 3.63) is 45.2 Å². The Morgan fingerprint density at radius 2 is 1.69 bits per heavy atom. The normalized spacial score (nSPS) is 22.3. The van der Waals surface area contributed by atoms with Crippen LogP contribution in [-0.4, -0.2) is 28.7 Å². The summed E-state index contributed by atoms with van der Waals surface area (Å²) in [6.07, 6.45) is 5.89. The van der Waals surface area contributed by atoms with Crippen molar-refractivity contribution in [3.8, 4) is 0 Å². The lowest BCUT2D eigenvalue weighted by Crippen LogP contribution is -2.21. The second-order valence-electron chi connectivity index (χ2n) is 7.80. The Hall–Kier alpha value is -1.57. The summed E-state index contributed by atoms with van der Waals surface area (Å²) in [5.41, 5.74) is 2.51. The Balaban J connectivity index is 1.77. The molecule has 6 nitrogen and oxygen atoms in total. The fourth-order valence-electron chi connectivity index (χ4n) is 4.55. The van der Waals surface area contributed by atoms with Crippen LogP contribution in [0, 0.1) is 5.92 Å². The van der Waals surface area contributed by atoms with Gasteiger partial charge in [0.25, 0.3) is 10.0 Å². The first-order valence-corrected chi connectivity index (χ1v) is 12.0. The summed E-state index contributed by atoms with van der Waals surface area (Å²) in [4.78, 5) is 11.1. The average molecular weight is 457 g/mol. The van der Waals surface area contributed by atoms with Crippen LogP contribution < -0.4 is 0 Å². The largest absolute Gasteiger partial charge is 0.481 e. The molecule has 0 aliphatic heterocycles. The van der Waals surface area contributed by atoms with Gasteiger partial charge in [0.2, 0.25) is 0 Å². The Labute approximate surface area is 179 Å². The number of carboxylic acids is 1. The molecule has 0 spiro atoms. The number of aromatic nitrogens is 2. The fourth-order valence-corrected chi connectivity index (χ4v) is 7.02. The van der Waals surface area contributed by atoms with Crippen molar-refractivity contribution in [2.24, 2.45) is 5.92 Å². The molecule has 2 aliphatic rings. The summed E-state index contributed by atoms with van der Waals surface area (Å²) in [5, 5.41) is 14.0. The lowest BCUT2D eigenvalue weighted by Gasteiger charge is -2.26. The SMILES string of the molecule is O=C(O)C1CCC(c2nn(S(=O)(=O)c3c(Cl)cccc3Cl)c3c2CCCC3)CC1. The lowest BCUT2D eigenvalue weighted by molar-refractivity contribution is -0.142. The summed E-state index contributed by atoms with van der Waals surface area (Å²) < 4.78 is 28.0. The van der Waals surface area contributed by atoms with Gasteiger partial charge in [-0.2, -0.15) is 17.6 Å². The third-order valence-corrected chi connectivity index (χ3v) is 8.61. The third kappa shape index (κ3) is 3.68. The Kier molecular flexibility index (Phi) is 5.66. The number of carbonyl (C=O) groups is 1. The van der Waals surface area contributed by atoms with Crippen LogP contribution in [0.2, 0.25) is 10.0 Å². The van der Waals surface area contributed by atoms with Crippen LogP contribution in [0.1, 0.15) is 61.4 Å². The Bertz CT molecular complexity index is 1040. The zero-order valence-electron chi connectivity index (χ0n) is 15.8. The van der Waals surface area contributed by atoms with Gasteiger partial charge in [-0.25, -0.2) is 0 Å². The van der Waals surface area contributed by atoms with E-state index in [0.717, 1.165) is 34.6 Å². The standard InChI is InChI=1S/C20H22Cl2N2O4S/c21-15-5-3-6-16(22)19(15)29(27,28)24-17-7-2-1-4-14(17)18(23-24)12-8-10-13(11-9-12)20(25)26/h3,5-6,12-13H,1-2,4,7-11H2,(H,25,26). The van der Waals surface area contributed by atoms with E-state index in [1.165, 1.54) is 12.1 Å². The van der Waals surface area contributed by atoms with Crippen LogP contribution in [-0.2, 0) is 27.7 Å². The van der Waals surface area contributed by atoms with Crippen molar-refractivity contribution in [1.82, 2.24) is 9.19 Å². The Morgan fingerprint density at radius 3 is 2.31 bits per heavy atom. The van der Waals surface area contributed by atoms with Gasteiger partial charge in [-0.15, -0.1) is 0 Å². The number of hydrogen-bond donors (Lipinski definition) is 1. The maximum Gasteiger partial charge on any atom is 0.306 e. The summed E-state index contributed by atoms with van der Waals surface area (Å²) in [6.45, 7) is 0. The molecule has 1 heterocycles. The van der Waals surface area contributed by atoms with E-state index >= 15 is 0 Å². The molecule has 0 amide bonds. The molecule has 0 unspecified atom stereocenters. The number of fused-ring (bicyclic) bond motifs is 1. The highest BCUT2D eigenvalue weighted by molar-refractivity contribution is 7.90. The molecular formula is C20H22Cl2N2O4S. The van der Waals surface area contributed by atoms with Crippen LogP contribution >= 0.6 is 23.2 Å². The smallest absolute Gasteiger partial charge is 0.306 e. The number of nitrogens with zero attached hydrogens (tertiary/aromatic N) is 2. The highest BCUT2D eigenvalue weighted by Gasteiger charge is 2.35. The van der Waals surface area contributed by atoms with Gasteiger partial charge < -0.3 is 5.11 Å². The first-order valence-electron chi connectivity index (χ1n) is 9.83. The van der Waals surface area contributed by atoms with Crippen LogP contribution in [0.25, 0.3) is 0 Å². The average Bonchev–Trinajstić information content (AvgIpc) is 3.08. The first-order chi connectivity index (χ1) is 13.8. The second-order valence-corrected chi connectivity index (χ2v) is 10.3. The van der Waals surface area contributed by atoms with Crippen molar-refractivity contribution < 1.29 is 18.3 Å². The number of halogens is 2. The maximum atomic E-state index is 13.4. The van der Waals surface area contributed by atoms with Crippen molar-refractivity contribution in [2.75, 3.05) is 0 Å².